The standard InChI is InChI=1S/C13H21ClN2OS/c1-16(9-13(17)6-2-3-7-13)10(8-15)11-4-5-12(14)18-11/h4-5,10,17H,2-3,6-9,15H2,1H3. The molecule has 0 amide bonds. The Bertz CT molecular complexity index is 390. The first kappa shape index (κ1) is 14.3. The highest BCUT2D eigenvalue weighted by Crippen LogP contribution is 2.34. The summed E-state index contributed by atoms with van der Waals surface area (Å²) < 4.78 is 0.788. The summed E-state index contributed by atoms with van der Waals surface area (Å²) in [5.74, 6) is 0. The van der Waals surface area contributed by atoms with Gasteiger partial charge in [-0.2, -0.15) is 0 Å². The fraction of sp³-hybridized carbons (Fsp3) is 0.692. The third-order valence-corrected chi connectivity index (χ3v) is 5.09. The molecule has 1 fully saturated rings. The summed E-state index contributed by atoms with van der Waals surface area (Å²) in [7, 11) is 2.03. The Balaban J connectivity index is 2.03. The number of likely N-dealkylation sites (N-methyl/N-ethyl adjacent to an activating group) is 1. The second-order valence-electron chi connectivity index (χ2n) is 5.24. The zero-order chi connectivity index (χ0) is 13.2. The minimum atomic E-state index is -0.525. The summed E-state index contributed by atoms with van der Waals surface area (Å²) in [6.07, 6.45) is 4.06. The molecule has 0 bridgehead atoms. The smallest absolute Gasteiger partial charge is 0.0931 e. The molecular weight excluding hydrogens is 268 g/mol. The van der Waals surface area contributed by atoms with E-state index in [0.29, 0.717) is 13.1 Å². The average Bonchev–Trinajstić information content (AvgIpc) is 2.89. The molecular formula is C13H21ClN2OS. The Morgan fingerprint density at radius 1 is 1.50 bits per heavy atom. The van der Waals surface area contributed by atoms with Crippen molar-refractivity contribution in [2.75, 3.05) is 20.1 Å². The van der Waals surface area contributed by atoms with Crippen LogP contribution in [0.15, 0.2) is 12.1 Å². The van der Waals surface area contributed by atoms with E-state index in [-0.39, 0.29) is 6.04 Å². The van der Waals surface area contributed by atoms with Gasteiger partial charge in [-0.15, -0.1) is 11.3 Å². The van der Waals surface area contributed by atoms with Crippen LogP contribution in [-0.4, -0.2) is 35.7 Å². The Labute approximate surface area is 118 Å². The van der Waals surface area contributed by atoms with Crippen molar-refractivity contribution in [2.45, 2.75) is 37.3 Å². The van der Waals surface area contributed by atoms with Gasteiger partial charge in [0.15, 0.2) is 0 Å². The number of thiophene rings is 1. The molecule has 0 aromatic carbocycles. The lowest BCUT2D eigenvalue weighted by molar-refractivity contribution is 0.00630. The first-order valence-electron chi connectivity index (χ1n) is 6.42. The number of hydrogen-bond acceptors (Lipinski definition) is 4. The van der Waals surface area contributed by atoms with E-state index < -0.39 is 5.60 Å². The first-order chi connectivity index (χ1) is 8.54. The van der Waals surface area contributed by atoms with Gasteiger partial charge < -0.3 is 10.8 Å². The highest BCUT2D eigenvalue weighted by molar-refractivity contribution is 7.16. The molecule has 1 aliphatic carbocycles. The maximum atomic E-state index is 10.5. The minimum Gasteiger partial charge on any atom is -0.389 e. The van der Waals surface area contributed by atoms with Crippen LogP contribution in [0.25, 0.3) is 0 Å². The van der Waals surface area contributed by atoms with Gasteiger partial charge in [0.05, 0.1) is 16.0 Å². The Hall–Kier alpha value is -0.130. The van der Waals surface area contributed by atoms with Crippen molar-refractivity contribution in [1.82, 2.24) is 4.90 Å². The lowest BCUT2D eigenvalue weighted by Crippen LogP contribution is -2.42. The molecule has 1 unspecified atom stereocenters. The van der Waals surface area contributed by atoms with Crippen LogP contribution in [0.1, 0.15) is 36.6 Å². The molecule has 0 saturated heterocycles. The molecule has 1 aromatic rings. The predicted molar refractivity (Wildman–Crippen MR) is 77.2 cm³/mol. The summed E-state index contributed by atoms with van der Waals surface area (Å²) in [6, 6.07) is 4.08. The monoisotopic (exact) mass is 288 g/mol. The Kier molecular flexibility index (Phi) is 4.67. The summed E-state index contributed by atoms with van der Waals surface area (Å²) >= 11 is 7.54. The maximum Gasteiger partial charge on any atom is 0.0931 e. The second-order valence-corrected chi connectivity index (χ2v) is 6.99. The van der Waals surface area contributed by atoms with Gasteiger partial charge in [0.1, 0.15) is 0 Å². The summed E-state index contributed by atoms with van der Waals surface area (Å²) in [4.78, 5) is 3.33. The zero-order valence-electron chi connectivity index (χ0n) is 10.7. The van der Waals surface area contributed by atoms with E-state index in [0.717, 1.165) is 30.0 Å². The summed E-state index contributed by atoms with van der Waals surface area (Å²) in [5.41, 5.74) is 5.35. The number of hydrogen-bond donors (Lipinski definition) is 2. The Morgan fingerprint density at radius 3 is 2.67 bits per heavy atom. The van der Waals surface area contributed by atoms with Crippen LogP contribution in [0.4, 0.5) is 0 Å². The highest BCUT2D eigenvalue weighted by Gasteiger charge is 2.34. The maximum absolute atomic E-state index is 10.5. The van der Waals surface area contributed by atoms with Crippen LogP contribution in [0, 0.1) is 0 Å². The van der Waals surface area contributed by atoms with Crippen molar-refractivity contribution in [3.05, 3.63) is 21.3 Å². The average molecular weight is 289 g/mol. The van der Waals surface area contributed by atoms with Gasteiger partial charge >= 0.3 is 0 Å². The molecule has 2 rings (SSSR count). The molecule has 0 aliphatic heterocycles. The van der Waals surface area contributed by atoms with E-state index in [1.54, 1.807) is 11.3 Å². The number of rotatable bonds is 5. The van der Waals surface area contributed by atoms with Crippen LogP contribution in [-0.2, 0) is 0 Å². The van der Waals surface area contributed by atoms with Crippen molar-refractivity contribution in [3.8, 4) is 0 Å². The Morgan fingerprint density at radius 2 is 2.17 bits per heavy atom. The van der Waals surface area contributed by atoms with Crippen molar-refractivity contribution in [3.63, 3.8) is 0 Å². The SMILES string of the molecule is CN(CC1(O)CCCC1)C(CN)c1ccc(Cl)s1. The van der Waals surface area contributed by atoms with E-state index in [2.05, 4.69) is 4.90 Å². The summed E-state index contributed by atoms with van der Waals surface area (Å²) in [6.45, 7) is 1.23. The van der Waals surface area contributed by atoms with Crippen molar-refractivity contribution in [1.29, 1.82) is 0 Å². The topological polar surface area (TPSA) is 49.5 Å². The van der Waals surface area contributed by atoms with Gasteiger partial charge in [0.2, 0.25) is 0 Å². The van der Waals surface area contributed by atoms with Crippen LogP contribution >= 0.6 is 22.9 Å². The van der Waals surface area contributed by atoms with Gasteiger partial charge in [-0.25, -0.2) is 0 Å². The molecule has 18 heavy (non-hydrogen) atoms. The zero-order valence-corrected chi connectivity index (χ0v) is 12.3. The molecule has 1 aromatic heterocycles. The van der Waals surface area contributed by atoms with E-state index in [1.165, 1.54) is 4.88 Å². The van der Waals surface area contributed by atoms with E-state index in [4.69, 9.17) is 17.3 Å². The lowest BCUT2D eigenvalue weighted by atomic mass is 10.0. The van der Waals surface area contributed by atoms with Crippen LogP contribution < -0.4 is 5.73 Å². The van der Waals surface area contributed by atoms with Crippen LogP contribution in [0.2, 0.25) is 4.34 Å². The largest absolute Gasteiger partial charge is 0.389 e. The summed E-state index contributed by atoms with van der Waals surface area (Å²) in [5, 5.41) is 10.5. The third-order valence-electron chi connectivity index (χ3n) is 3.76. The van der Waals surface area contributed by atoms with Gasteiger partial charge in [-0.05, 0) is 32.0 Å². The highest BCUT2D eigenvalue weighted by atomic mass is 35.5. The van der Waals surface area contributed by atoms with Crippen LogP contribution in [0.3, 0.4) is 0 Å². The molecule has 1 atom stereocenters. The third kappa shape index (κ3) is 3.25. The van der Waals surface area contributed by atoms with Gasteiger partial charge in [0.25, 0.3) is 0 Å². The molecule has 1 saturated carbocycles. The molecule has 3 nitrogen and oxygen atoms in total. The van der Waals surface area contributed by atoms with Crippen molar-refractivity contribution in [2.24, 2.45) is 5.73 Å². The van der Waals surface area contributed by atoms with Crippen LogP contribution in [0.5, 0.6) is 0 Å². The molecule has 0 radical (unpaired) electrons. The lowest BCUT2D eigenvalue weighted by Gasteiger charge is -2.33. The fourth-order valence-corrected chi connectivity index (χ4v) is 4.03. The number of nitrogens with two attached hydrogens (primary N) is 1. The first-order valence-corrected chi connectivity index (χ1v) is 7.61. The normalized spacial score (nSPS) is 20.5. The van der Waals surface area contributed by atoms with Crippen molar-refractivity contribution < 1.29 is 5.11 Å². The number of nitrogens with zero attached hydrogens (tertiary/aromatic N) is 1. The quantitative estimate of drug-likeness (QED) is 0.876. The van der Waals surface area contributed by atoms with Gasteiger partial charge in [0, 0.05) is 18.0 Å². The van der Waals surface area contributed by atoms with E-state index in [1.807, 2.05) is 19.2 Å². The second kappa shape index (κ2) is 5.88. The molecule has 3 N–H and O–H groups in total. The molecule has 1 heterocycles. The number of halogens is 1. The minimum absolute atomic E-state index is 0.145. The van der Waals surface area contributed by atoms with Gasteiger partial charge in [-0.3, -0.25) is 4.90 Å². The fourth-order valence-electron chi connectivity index (χ4n) is 2.79. The molecule has 5 heteroatoms. The van der Waals surface area contributed by atoms with Crippen molar-refractivity contribution >= 4 is 22.9 Å². The molecule has 102 valence electrons. The predicted octanol–water partition coefficient (Wildman–Crippen LogP) is 2.64. The van der Waals surface area contributed by atoms with Gasteiger partial charge in [-0.1, -0.05) is 24.4 Å². The van der Waals surface area contributed by atoms with E-state index in [9.17, 15) is 5.11 Å². The molecule has 0 spiro atoms. The number of aliphatic hydroxyl groups is 1. The molecule has 1 aliphatic rings. The van der Waals surface area contributed by atoms with E-state index >= 15 is 0 Å².